The van der Waals surface area contributed by atoms with Gasteiger partial charge in [-0.3, -0.25) is 4.79 Å². The third-order valence-corrected chi connectivity index (χ3v) is 4.38. The van der Waals surface area contributed by atoms with Crippen LogP contribution in [0.25, 0.3) is 0 Å². The Balaban J connectivity index is 2.49. The summed E-state index contributed by atoms with van der Waals surface area (Å²) in [5.74, 6) is -0.0482. The lowest BCUT2D eigenvalue weighted by atomic mass is 10.2. The van der Waals surface area contributed by atoms with E-state index in [0.717, 1.165) is 18.4 Å². The third kappa shape index (κ3) is 6.24. The van der Waals surface area contributed by atoms with Crippen LogP contribution in [0.4, 0.5) is 0 Å². The van der Waals surface area contributed by atoms with Gasteiger partial charge in [0.15, 0.2) is 0 Å². The Labute approximate surface area is 125 Å². The molecule has 0 aliphatic rings. The number of nitrogens with one attached hydrogen (secondary N) is 2. The van der Waals surface area contributed by atoms with Gasteiger partial charge >= 0.3 is 0 Å². The zero-order valence-electron chi connectivity index (χ0n) is 12.4. The Hall–Kier alpha value is -1.44. The Kier molecular flexibility index (Phi) is 7.35. The van der Waals surface area contributed by atoms with E-state index >= 15 is 0 Å². The van der Waals surface area contributed by atoms with Gasteiger partial charge in [0.1, 0.15) is 0 Å². The molecule has 2 N–H and O–H groups in total. The van der Waals surface area contributed by atoms with Gasteiger partial charge in [0.05, 0.1) is 4.90 Å². The van der Waals surface area contributed by atoms with E-state index in [0.29, 0.717) is 19.6 Å². The van der Waals surface area contributed by atoms with Crippen molar-refractivity contribution < 1.29 is 17.9 Å². The summed E-state index contributed by atoms with van der Waals surface area (Å²) < 4.78 is 30.5. The van der Waals surface area contributed by atoms with Crippen LogP contribution in [0.2, 0.25) is 0 Å². The average molecular weight is 314 g/mol. The highest BCUT2D eigenvalue weighted by atomic mass is 32.2. The van der Waals surface area contributed by atoms with Crippen molar-refractivity contribution in [2.24, 2.45) is 0 Å². The molecule has 0 bridgehead atoms. The van der Waals surface area contributed by atoms with Crippen molar-refractivity contribution in [3.05, 3.63) is 29.8 Å². The van der Waals surface area contributed by atoms with Crippen molar-refractivity contribution in [1.82, 2.24) is 10.0 Å². The van der Waals surface area contributed by atoms with Crippen molar-refractivity contribution in [1.29, 1.82) is 0 Å². The van der Waals surface area contributed by atoms with E-state index in [2.05, 4.69) is 10.0 Å². The van der Waals surface area contributed by atoms with Gasteiger partial charge in [-0.25, -0.2) is 13.1 Å². The first-order chi connectivity index (χ1) is 9.99. The second kappa shape index (κ2) is 8.76. The van der Waals surface area contributed by atoms with Gasteiger partial charge in [0.2, 0.25) is 15.9 Å². The molecule has 118 valence electrons. The molecule has 21 heavy (non-hydrogen) atoms. The van der Waals surface area contributed by atoms with Crippen molar-refractivity contribution in [2.45, 2.75) is 30.7 Å². The molecular weight excluding hydrogens is 292 g/mol. The van der Waals surface area contributed by atoms with Crippen LogP contribution in [0.15, 0.2) is 29.2 Å². The van der Waals surface area contributed by atoms with Crippen molar-refractivity contribution >= 4 is 15.9 Å². The molecule has 0 atom stereocenters. The number of sulfonamides is 1. The van der Waals surface area contributed by atoms with Crippen LogP contribution in [0.1, 0.15) is 24.8 Å². The van der Waals surface area contributed by atoms with Crippen LogP contribution >= 0.6 is 0 Å². The fourth-order valence-electron chi connectivity index (χ4n) is 1.76. The third-order valence-electron chi connectivity index (χ3n) is 2.97. The Morgan fingerprint density at radius 3 is 2.71 bits per heavy atom. The zero-order valence-corrected chi connectivity index (χ0v) is 13.2. The second-order valence-corrected chi connectivity index (χ2v) is 6.47. The first-order valence-corrected chi connectivity index (χ1v) is 8.26. The van der Waals surface area contributed by atoms with Crippen LogP contribution in [0, 0.1) is 0 Å². The summed E-state index contributed by atoms with van der Waals surface area (Å²) in [4.78, 5) is 11.8. The first-order valence-electron chi connectivity index (χ1n) is 6.77. The maximum absolute atomic E-state index is 11.7. The topological polar surface area (TPSA) is 84.5 Å². The van der Waals surface area contributed by atoms with E-state index in [1.165, 1.54) is 13.1 Å². The molecule has 6 nitrogen and oxygen atoms in total. The quantitative estimate of drug-likeness (QED) is 0.667. The highest BCUT2D eigenvalue weighted by Gasteiger charge is 2.11. The van der Waals surface area contributed by atoms with E-state index in [4.69, 9.17) is 4.74 Å². The minimum atomic E-state index is -3.46. The van der Waals surface area contributed by atoms with Gasteiger partial charge in [-0.05, 0) is 37.6 Å². The molecule has 0 aromatic heterocycles. The fraction of sp³-hybridized carbons (Fsp3) is 0.500. The van der Waals surface area contributed by atoms with Gasteiger partial charge in [0, 0.05) is 26.7 Å². The Bertz CT molecular complexity index is 558. The predicted octanol–water partition coefficient (Wildman–Crippen LogP) is 1.03. The Morgan fingerprint density at radius 2 is 2.05 bits per heavy atom. The van der Waals surface area contributed by atoms with Crippen LogP contribution < -0.4 is 10.0 Å². The number of amides is 1. The molecule has 0 fully saturated rings. The molecule has 0 saturated heterocycles. The highest BCUT2D eigenvalue weighted by Crippen LogP contribution is 2.11. The van der Waals surface area contributed by atoms with Crippen molar-refractivity contribution in [3.8, 4) is 0 Å². The van der Waals surface area contributed by atoms with Crippen LogP contribution in [0.3, 0.4) is 0 Å². The first kappa shape index (κ1) is 17.6. The fourth-order valence-corrected chi connectivity index (χ4v) is 2.56. The van der Waals surface area contributed by atoms with Gasteiger partial charge in [-0.2, -0.15) is 0 Å². The molecule has 0 saturated carbocycles. The summed E-state index contributed by atoms with van der Waals surface area (Å²) in [7, 11) is -0.460. The number of carbonyl (C=O) groups excluding carboxylic acids is 1. The average Bonchev–Trinajstić information content (AvgIpc) is 2.50. The molecule has 7 heteroatoms. The van der Waals surface area contributed by atoms with Gasteiger partial charge in [0.25, 0.3) is 0 Å². The molecule has 1 aromatic rings. The molecule has 0 unspecified atom stereocenters. The lowest BCUT2D eigenvalue weighted by Gasteiger charge is -2.07. The number of methoxy groups -OCH3 is 1. The SMILES string of the molecule is CNS(=O)(=O)c1cccc(CNC(=O)CCCCOC)c1. The number of hydrogen-bond acceptors (Lipinski definition) is 4. The van der Waals surface area contributed by atoms with Gasteiger partial charge < -0.3 is 10.1 Å². The van der Waals surface area contributed by atoms with E-state index in [1.807, 2.05) is 0 Å². The molecule has 0 radical (unpaired) electrons. The van der Waals surface area contributed by atoms with Crippen LogP contribution in [0.5, 0.6) is 0 Å². The standard InChI is InChI=1S/C14H22N2O4S/c1-15-21(18,19)13-7-5-6-12(10-13)11-16-14(17)8-3-4-9-20-2/h5-7,10,15H,3-4,8-9,11H2,1-2H3,(H,16,17). The van der Waals surface area contributed by atoms with E-state index in [1.54, 1.807) is 25.3 Å². The lowest BCUT2D eigenvalue weighted by Crippen LogP contribution is -2.23. The largest absolute Gasteiger partial charge is 0.385 e. The molecule has 1 amide bonds. The summed E-state index contributed by atoms with van der Waals surface area (Å²) >= 11 is 0. The maximum atomic E-state index is 11.7. The lowest BCUT2D eigenvalue weighted by molar-refractivity contribution is -0.121. The monoisotopic (exact) mass is 314 g/mol. The number of hydrogen-bond donors (Lipinski definition) is 2. The van der Waals surface area contributed by atoms with Crippen molar-refractivity contribution in [2.75, 3.05) is 20.8 Å². The van der Waals surface area contributed by atoms with Crippen LogP contribution in [-0.4, -0.2) is 35.1 Å². The maximum Gasteiger partial charge on any atom is 0.240 e. The molecular formula is C14H22N2O4S. The number of benzene rings is 1. The zero-order chi connectivity index (χ0) is 15.7. The summed E-state index contributed by atoms with van der Waals surface area (Å²) in [6.07, 6.45) is 2.06. The van der Waals surface area contributed by atoms with E-state index in [-0.39, 0.29) is 10.8 Å². The number of ether oxygens (including phenoxy) is 1. The summed E-state index contributed by atoms with van der Waals surface area (Å²) in [6.45, 7) is 0.966. The van der Waals surface area contributed by atoms with Gasteiger partial charge in [-0.15, -0.1) is 0 Å². The Morgan fingerprint density at radius 1 is 1.29 bits per heavy atom. The minimum Gasteiger partial charge on any atom is -0.385 e. The molecule has 1 rings (SSSR count). The summed E-state index contributed by atoms with van der Waals surface area (Å²) in [5.41, 5.74) is 0.747. The minimum absolute atomic E-state index is 0.0482. The van der Waals surface area contributed by atoms with Crippen LogP contribution in [-0.2, 0) is 26.1 Å². The number of unbranched alkanes of at least 4 members (excludes halogenated alkanes) is 1. The van der Waals surface area contributed by atoms with E-state index in [9.17, 15) is 13.2 Å². The van der Waals surface area contributed by atoms with Crippen molar-refractivity contribution in [3.63, 3.8) is 0 Å². The smallest absolute Gasteiger partial charge is 0.240 e. The number of rotatable bonds is 9. The molecule has 0 aliphatic carbocycles. The summed E-state index contributed by atoms with van der Waals surface area (Å²) in [5, 5.41) is 2.78. The number of carbonyl (C=O) groups is 1. The van der Waals surface area contributed by atoms with E-state index < -0.39 is 10.0 Å². The molecule has 0 spiro atoms. The van der Waals surface area contributed by atoms with Gasteiger partial charge in [-0.1, -0.05) is 12.1 Å². The summed E-state index contributed by atoms with van der Waals surface area (Å²) in [6, 6.07) is 6.50. The molecule has 1 aromatic carbocycles. The highest BCUT2D eigenvalue weighted by molar-refractivity contribution is 7.89. The molecule has 0 heterocycles. The second-order valence-electron chi connectivity index (χ2n) is 4.58. The predicted molar refractivity (Wildman–Crippen MR) is 80.3 cm³/mol. The normalized spacial score (nSPS) is 11.3. The molecule has 0 aliphatic heterocycles.